The Morgan fingerprint density at radius 1 is 0.952 bits per heavy atom. The van der Waals surface area contributed by atoms with Crippen molar-refractivity contribution >= 4 is 62.1 Å². The number of benzene rings is 4. The molecule has 0 bridgehead atoms. The summed E-state index contributed by atoms with van der Waals surface area (Å²) >= 11 is 6.25. The van der Waals surface area contributed by atoms with Crippen molar-refractivity contribution in [3.63, 3.8) is 0 Å². The van der Waals surface area contributed by atoms with Gasteiger partial charge in [0.1, 0.15) is 17.1 Å². The van der Waals surface area contributed by atoms with Gasteiger partial charge in [-0.2, -0.15) is 10.4 Å². The van der Waals surface area contributed by atoms with E-state index >= 15 is 0 Å². The number of ether oxygens (including phenoxy) is 1. The number of para-hydroxylation sites is 1. The highest BCUT2D eigenvalue weighted by Crippen LogP contribution is 2.44. The van der Waals surface area contributed by atoms with E-state index in [1.807, 2.05) is 36.5 Å². The van der Waals surface area contributed by atoms with Crippen LogP contribution in [0.4, 0.5) is 22.7 Å². The third-order valence-electron chi connectivity index (χ3n) is 12.8. The standard InChI is InChI=1S/C47H56ClN7O6S/c1-47(2)19-15-35(40(29-47)33-7-9-36(48)10-8-33)31-53-23-25-54(26-24-53)37-11-13-39(44(27-37)61-43-6-4-5-34-16-20-49-45(34)43)46(56)51-62(59,60)38-12-14-41(42(28-38)55(57)58)50-30-32-17-21-52(3)22-18-32/h4-14,20,27-28,32,50,57-58H,15-19,21-26,29-31H2,1-3H3,(H,51,56)/p+1. The van der Waals surface area contributed by atoms with Gasteiger partial charge in [0.05, 0.1) is 10.5 Å². The predicted octanol–water partition coefficient (Wildman–Crippen LogP) is 7.34. The topological polar surface area (TPSA) is 151 Å². The lowest BCUT2D eigenvalue weighted by atomic mass is 9.72. The number of nitrogens with zero attached hydrogens (tertiary/aromatic N) is 4. The number of nitrogens with one attached hydrogen (secondary N) is 3. The quantitative estimate of drug-likeness (QED) is 0.0864. The van der Waals surface area contributed by atoms with Crippen molar-refractivity contribution in [2.75, 3.05) is 69.6 Å². The van der Waals surface area contributed by atoms with Gasteiger partial charge in [-0.05, 0) is 128 Å². The number of fused-ring (bicyclic) bond motifs is 1. The largest absolute Gasteiger partial charge is 0.454 e. The Balaban J connectivity index is 1.00. The van der Waals surface area contributed by atoms with Crippen LogP contribution in [0.5, 0.6) is 11.5 Å². The molecule has 3 heterocycles. The molecule has 15 heteroatoms. The number of sulfonamides is 1. The summed E-state index contributed by atoms with van der Waals surface area (Å²) in [6.07, 6.45) is 7.70. The molecule has 2 saturated heterocycles. The number of hydrogen-bond acceptors (Lipinski definition) is 11. The fourth-order valence-corrected chi connectivity index (χ4v) is 10.1. The number of hydrogen-bond donors (Lipinski definition) is 5. The molecule has 4 aliphatic rings. The lowest BCUT2D eigenvalue weighted by molar-refractivity contribution is -1.19. The van der Waals surface area contributed by atoms with E-state index in [1.54, 1.807) is 18.2 Å². The zero-order chi connectivity index (χ0) is 43.6. The van der Waals surface area contributed by atoms with E-state index in [9.17, 15) is 23.6 Å². The van der Waals surface area contributed by atoms with Crippen LogP contribution in [0.15, 0.2) is 94.3 Å². The molecule has 0 atom stereocenters. The number of allylic oxidation sites excluding steroid dienone is 1. The zero-order valence-electron chi connectivity index (χ0n) is 35.7. The Hall–Kier alpha value is -4.80. The van der Waals surface area contributed by atoms with E-state index in [4.69, 9.17) is 16.3 Å². The monoisotopic (exact) mass is 882 g/mol. The first kappa shape index (κ1) is 43.8. The van der Waals surface area contributed by atoms with E-state index < -0.39 is 21.2 Å². The first-order valence-electron chi connectivity index (χ1n) is 21.5. The van der Waals surface area contributed by atoms with Gasteiger partial charge >= 0.3 is 0 Å². The number of likely N-dealkylation sites (tertiary alicyclic amines) is 1. The van der Waals surface area contributed by atoms with Gasteiger partial charge in [0.25, 0.3) is 15.9 Å². The summed E-state index contributed by atoms with van der Waals surface area (Å²) in [4.78, 5) is 25.3. The van der Waals surface area contributed by atoms with Crippen LogP contribution < -0.4 is 24.9 Å². The van der Waals surface area contributed by atoms with Gasteiger partial charge in [0.2, 0.25) is 5.69 Å². The Kier molecular flexibility index (Phi) is 13.1. The minimum Gasteiger partial charge on any atom is -0.454 e. The highest BCUT2D eigenvalue weighted by molar-refractivity contribution is 7.90. The van der Waals surface area contributed by atoms with Crippen molar-refractivity contribution in [1.82, 2.24) is 14.5 Å². The summed E-state index contributed by atoms with van der Waals surface area (Å²) in [6.45, 7) is 11.3. The average molecular weight is 884 g/mol. The van der Waals surface area contributed by atoms with Crippen molar-refractivity contribution in [1.29, 1.82) is 0 Å². The first-order chi connectivity index (χ1) is 29.7. The summed E-state index contributed by atoms with van der Waals surface area (Å²) in [5.74, 6) is 0.144. The number of halogens is 1. The number of piperidine rings is 1. The van der Waals surface area contributed by atoms with Crippen LogP contribution >= 0.6 is 11.6 Å². The summed E-state index contributed by atoms with van der Waals surface area (Å²) in [7, 11) is -2.39. The molecule has 0 radical (unpaired) electrons. The third kappa shape index (κ3) is 10.2. The van der Waals surface area contributed by atoms with E-state index in [0.29, 0.717) is 36.0 Å². The normalized spacial score (nSPS) is 18.6. The molecule has 0 saturated carbocycles. The summed E-state index contributed by atoms with van der Waals surface area (Å²) in [5, 5.41) is 23.3. The Labute approximate surface area is 369 Å². The molecule has 4 aromatic rings. The molecule has 0 spiro atoms. The Bertz CT molecular complexity index is 2460. The molecular formula is C47H57ClN7O6S+. The van der Waals surface area contributed by atoms with Crippen molar-refractivity contribution in [2.24, 2.45) is 16.3 Å². The van der Waals surface area contributed by atoms with Crippen molar-refractivity contribution in [2.45, 2.75) is 57.3 Å². The predicted molar refractivity (Wildman–Crippen MR) is 243 cm³/mol. The Morgan fingerprint density at radius 3 is 2.45 bits per heavy atom. The number of carbonyl (C=O) groups excluding carboxylic acids is 1. The smallest absolute Gasteiger partial charge is 0.268 e. The number of anilines is 2. The zero-order valence-corrected chi connectivity index (χ0v) is 37.2. The van der Waals surface area contributed by atoms with Crippen LogP contribution in [0, 0.1) is 11.3 Å². The van der Waals surface area contributed by atoms with Crippen LogP contribution in [0.2, 0.25) is 5.02 Å². The van der Waals surface area contributed by atoms with Crippen LogP contribution in [-0.2, 0) is 16.4 Å². The Morgan fingerprint density at radius 2 is 1.71 bits per heavy atom. The van der Waals surface area contributed by atoms with Crippen molar-refractivity contribution < 1.29 is 33.6 Å². The second-order valence-electron chi connectivity index (χ2n) is 17.8. The summed E-state index contributed by atoms with van der Waals surface area (Å²) < 4.78 is 36.2. The number of rotatable bonds is 13. The van der Waals surface area contributed by atoms with Crippen LogP contribution in [0.1, 0.15) is 67.4 Å². The van der Waals surface area contributed by atoms with Gasteiger partial charge in [0.15, 0.2) is 5.75 Å². The molecule has 0 aromatic heterocycles. The molecule has 4 aromatic carbocycles. The van der Waals surface area contributed by atoms with Crippen molar-refractivity contribution in [3.8, 4) is 11.5 Å². The minimum atomic E-state index is -4.47. The summed E-state index contributed by atoms with van der Waals surface area (Å²) in [5.41, 5.74) is 7.21. The van der Waals surface area contributed by atoms with Gasteiger partial charge in [-0.15, -0.1) is 0 Å². The highest BCUT2D eigenvalue weighted by atomic mass is 35.5. The number of aliphatic imine (C=N–C) groups is 1. The van der Waals surface area contributed by atoms with E-state index in [0.717, 1.165) is 100 Å². The van der Waals surface area contributed by atoms with Crippen LogP contribution in [0.3, 0.4) is 0 Å². The molecule has 328 valence electrons. The fraction of sp³-hybridized carbons (Fsp3) is 0.404. The summed E-state index contributed by atoms with van der Waals surface area (Å²) in [6, 6.07) is 23.0. The van der Waals surface area contributed by atoms with E-state index in [1.165, 1.54) is 28.8 Å². The molecule has 0 unspecified atom stereocenters. The number of amides is 1. The average Bonchev–Trinajstić information content (AvgIpc) is 3.75. The molecule has 3 aliphatic heterocycles. The maximum Gasteiger partial charge on any atom is 0.268 e. The maximum atomic E-state index is 14.0. The lowest BCUT2D eigenvalue weighted by Crippen LogP contribution is -3.02. The van der Waals surface area contributed by atoms with Crippen LogP contribution in [-0.4, -0.2) is 100 Å². The lowest BCUT2D eigenvalue weighted by Gasteiger charge is -2.39. The van der Waals surface area contributed by atoms with E-state index in [2.05, 4.69) is 62.8 Å². The molecule has 5 N–H and O–H groups in total. The maximum absolute atomic E-state index is 14.0. The van der Waals surface area contributed by atoms with Gasteiger partial charge in [-0.1, -0.05) is 55.3 Å². The fourth-order valence-electron chi connectivity index (χ4n) is 8.98. The molecule has 1 amide bonds. The second kappa shape index (κ2) is 18.5. The van der Waals surface area contributed by atoms with Gasteiger partial charge in [-0.3, -0.25) is 14.7 Å². The molecular weight excluding hydrogens is 826 g/mol. The molecule has 1 aliphatic carbocycles. The second-order valence-corrected chi connectivity index (χ2v) is 20.0. The number of piperazine rings is 1. The molecule has 8 rings (SSSR count). The van der Waals surface area contributed by atoms with Crippen molar-refractivity contribution in [3.05, 3.63) is 106 Å². The number of quaternary nitrogens is 1. The van der Waals surface area contributed by atoms with Gasteiger partial charge in [-0.25, -0.2) is 13.1 Å². The van der Waals surface area contributed by atoms with E-state index in [-0.39, 0.29) is 27.3 Å². The van der Waals surface area contributed by atoms with Gasteiger partial charge < -0.3 is 19.9 Å². The molecule has 13 nitrogen and oxygen atoms in total. The third-order valence-corrected chi connectivity index (χ3v) is 14.3. The van der Waals surface area contributed by atoms with Gasteiger partial charge in [0, 0.05) is 74.7 Å². The highest BCUT2D eigenvalue weighted by Gasteiger charge is 2.31. The molecule has 62 heavy (non-hydrogen) atoms. The SMILES string of the molecule is CN1CCC(CNc2ccc(S(=O)(=O)NC(=O)c3ccc(N4CCN(CC5=C(c6ccc(Cl)cc6)CC(C)(C)CC5)CC4)cc3Oc3cccc4c3N=CC4)cc2[NH+](O)O)CC1. The minimum absolute atomic E-state index is 0.0191. The first-order valence-corrected chi connectivity index (χ1v) is 23.4. The van der Waals surface area contributed by atoms with Crippen LogP contribution in [0.25, 0.3) is 5.57 Å². The molecule has 2 fully saturated rings. The number of carbonyl (C=O) groups is 1.